The predicted molar refractivity (Wildman–Crippen MR) is 74.2 cm³/mol. The second kappa shape index (κ2) is 6.10. The molecule has 4 heteroatoms. The van der Waals surface area contributed by atoms with E-state index in [2.05, 4.69) is 26.1 Å². The molecule has 1 aromatic rings. The number of phenols is 1. The summed E-state index contributed by atoms with van der Waals surface area (Å²) in [6.45, 7) is 6.15. The molecule has 0 bridgehead atoms. The third-order valence-corrected chi connectivity index (χ3v) is 3.12. The molecule has 0 aliphatic carbocycles. The minimum atomic E-state index is -0.266. The lowest BCUT2D eigenvalue weighted by atomic mass is 9.85. The Balaban J connectivity index is 2.82. The van der Waals surface area contributed by atoms with Crippen LogP contribution in [0.4, 0.5) is 0 Å². The van der Waals surface area contributed by atoms with E-state index in [1.54, 1.807) is 18.2 Å². The number of carbonyl (C=O) groups is 1. The van der Waals surface area contributed by atoms with Crippen molar-refractivity contribution in [3.8, 4) is 5.75 Å². The maximum absolute atomic E-state index is 12.1. The zero-order chi connectivity index (χ0) is 13.8. The number of nitrogens with one attached hydrogen (secondary N) is 1. The van der Waals surface area contributed by atoms with Gasteiger partial charge in [-0.25, -0.2) is 0 Å². The maximum Gasteiger partial charge on any atom is 0.255 e. The molecule has 18 heavy (non-hydrogen) atoms. The minimum Gasteiger partial charge on any atom is -0.507 e. The number of aromatic hydroxyl groups is 1. The van der Waals surface area contributed by atoms with Crippen molar-refractivity contribution in [3.63, 3.8) is 0 Å². The second-order valence-electron chi connectivity index (χ2n) is 5.39. The quantitative estimate of drug-likeness (QED) is 0.825. The molecule has 0 spiro atoms. The molecule has 0 aromatic heterocycles. The first-order chi connectivity index (χ1) is 8.36. The van der Waals surface area contributed by atoms with Crippen molar-refractivity contribution in [2.75, 3.05) is 5.88 Å². The molecule has 2 N–H and O–H groups in total. The van der Waals surface area contributed by atoms with Crippen LogP contribution in [0.25, 0.3) is 0 Å². The van der Waals surface area contributed by atoms with E-state index in [1.165, 1.54) is 6.07 Å². The van der Waals surface area contributed by atoms with Crippen LogP contribution < -0.4 is 5.32 Å². The van der Waals surface area contributed by atoms with Gasteiger partial charge in [0.05, 0.1) is 5.56 Å². The van der Waals surface area contributed by atoms with Crippen molar-refractivity contribution in [2.45, 2.75) is 33.2 Å². The topological polar surface area (TPSA) is 49.3 Å². The zero-order valence-corrected chi connectivity index (χ0v) is 11.8. The summed E-state index contributed by atoms with van der Waals surface area (Å²) in [5.74, 6) is 0.217. The fourth-order valence-corrected chi connectivity index (χ4v) is 1.95. The van der Waals surface area contributed by atoms with Crippen LogP contribution in [0.3, 0.4) is 0 Å². The van der Waals surface area contributed by atoms with E-state index in [4.69, 9.17) is 11.6 Å². The highest BCUT2D eigenvalue weighted by Gasteiger charge is 2.26. The first-order valence-electron chi connectivity index (χ1n) is 6.01. The number of amides is 1. The highest BCUT2D eigenvalue weighted by Crippen LogP contribution is 2.23. The lowest BCUT2D eigenvalue weighted by molar-refractivity contribution is 0.0898. The lowest BCUT2D eigenvalue weighted by Gasteiger charge is -2.31. The molecule has 0 fully saturated rings. The van der Waals surface area contributed by atoms with Crippen LogP contribution >= 0.6 is 11.6 Å². The average molecular weight is 270 g/mol. The van der Waals surface area contributed by atoms with Crippen LogP contribution in [0, 0.1) is 5.41 Å². The lowest BCUT2D eigenvalue weighted by Crippen LogP contribution is -2.44. The summed E-state index contributed by atoms with van der Waals surface area (Å²) in [6.07, 6.45) is 0.699. The second-order valence-corrected chi connectivity index (χ2v) is 5.76. The van der Waals surface area contributed by atoms with Gasteiger partial charge in [-0.05, 0) is 24.0 Å². The molecule has 100 valence electrons. The Morgan fingerprint density at radius 1 is 1.39 bits per heavy atom. The van der Waals surface area contributed by atoms with Crippen molar-refractivity contribution >= 4 is 17.5 Å². The van der Waals surface area contributed by atoms with Crippen molar-refractivity contribution in [2.24, 2.45) is 5.41 Å². The van der Waals surface area contributed by atoms with Gasteiger partial charge in [-0.15, -0.1) is 11.6 Å². The standard InChI is InChI=1S/C14H20ClNO2/c1-14(2,3)12(8-9-15)16-13(18)10-6-4-5-7-11(10)17/h4-7,12,17H,8-9H2,1-3H3,(H,16,18). The number of hydrogen-bond acceptors (Lipinski definition) is 2. The van der Waals surface area contributed by atoms with Crippen LogP contribution in [-0.4, -0.2) is 22.9 Å². The predicted octanol–water partition coefficient (Wildman–Crippen LogP) is 3.17. The zero-order valence-electron chi connectivity index (χ0n) is 11.0. The van der Waals surface area contributed by atoms with Crippen LogP contribution in [-0.2, 0) is 0 Å². The molecule has 0 saturated heterocycles. The molecule has 1 atom stereocenters. The molecule has 0 aliphatic rings. The highest BCUT2D eigenvalue weighted by atomic mass is 35.5. The smallest absolute Gasteiger partial charge is 0.255 e. The number of rotatable bonds is 4. The van der Waals surface area contributed by atoms with Crippen molar-refractivity contribution in [1.29, 1.82) is 0 Å². The molecule has 1 aromatic carbocycles. The van der Waals surface area contributed by atoms with Gasteiger partial charge in [0.1, 0.15) is 5.75 Å². The molecule has 1 unspecified atom stereocenters. The first-order valence-corrected chi connectivity index (χ1v) is 6.54. The Kier molecular flexibility index (Phi) is 5.03. The van der Waals surface area contributed by atoms with Crippen LogP contribution in [0.1, 0.15) is 37.6 Å². The van der Waals surface area contributed by atoms with Gasteiger partial charge in [0.15, 0.2) is 0 Å². The molecule has 1 amide bonds. The van der Waals surface area contributed by atoms with Crippen molar-refractivity contribution in [1.82, 2.24) is 5.32 Å². The van der Waals surface area contributed by atoms with Crippen LogP contribution in [0.5, 0.6) is 5.75 Å². The largest absolute Gasteiger partial charge is 0.507 e. The van der Waals surface area contributed by atoms with Gasteiger partial charge < -0.3 is 10.4 Å². The van der Waals surface area contributed by atoms with Gasteiger partial charge in [-0.1, -0.05) is 32.9 Å². The molecule has 0 aliphatic heterocycles. The number of para-hydroxylation sites is 1. The van der Waals surface area contributed by atoms with Crippen LogP contribution in [0.2, 0.25) is 0 Å². The van der Waals surface area contributed by atoms with Gasteiger partial charge in [0.2, 0.25) is 0 Å². The molecule has 1 rings (SSSR count). The highest BCUT2D eigenvalue weighted by molar-refractivity contribution is 6.17. The Bertz CT molecular complexity index is 413. The van der Waals surface area contributed by atoms with E-state index in [9.17, 15) is 9.90 Å². The Labute approximate surface area is 113 Å². The summed E-state index contributed by atoms with van der Waals surface area (Å²) >= 11 is 5.76. The van der Waals surface area contributed by atoms with Gasteiger partial charge in [-0.2, -0.15) is 0 Å². The summed E-state index contributed by atoms with van der Waals surface area (Å²) in [5.41, 5.74) is 0.218. The molecule has 0 saturated carbocycles. The van der Waals surface area contributed by atoms with E-state index < -0.39 is 0 Å². The fourth-order valence-electron chi connectivity index (χ4n) is 1.73. The van der Waals surface area contributed by atoms with Crippen LogP contribution in [0.15, 0.2) is 24.3 Å². The Morgan fingerprint density at radius 2 is 2.00 bits per heavy atom. The normalized spacial score (nSPS) is 13.1. The number of benzene rings is 1. The minimum absolute atomic E-state index is 0.00599. The van der Waals surface area contributed by atoms with Gasteiger partial charge in [0.25, 0.3) is 5.91 Å². The molecular weight excluding hydrogens is 250 g/mol. The number of hydrogen-bond donors (Lipinski definition) is 2. The fraction of sp³-hybridized carbons (Fsp3) is 0.500. The molecular formula is C14H20ClNO2. The summed E-state index contributed by atoms with van der Waals surface area (Å²) in [5, 5.41) is 12.6. The van der Waals surface area contributed by atoms with Gasteiger partial charge >= 0.3 is 0 Å². The van der Waals surface area contributed by atoms with Crippen molar-refractivity contribution in [3.05, 3.63) is 29.8 Å². The summed E-state index contributed by atoms with van der Waals surface area (Å²) < 4.78 is 0. The first kappa shape index (κ1) is 14.8. The average Bonchev–Trinajstić information content (AvgIpc) is 2.27. The summed E-state index contributed by atoms with van der Waals surface area (Å²) in [6, 6.07) is 6.49. The number of alkyl halides is 1. The van der Waals surface area contributed by atoms with Crippen molar-refractivity contribution < 1.29 is 9.90 Å². The monoisotopic (exact) mass is 269 g/mol. The number of halogens is 1. The Hall–Kier alpha value is -1.22. The van der Waals surface area contributed by atoms with E-state index in [0.29, 0.717) is 17.9 Å². The third-order valence-electron chi connectivity index (χ3n) is 2.90. The van der Waals surface area contributed by atoms with E-state index >= 15 is 0 Å². The third kappa shape index (κ3) is 3.91. The summed E-state index contributed by atoms with van der Waals surface area (Å²) in [7, 11) is 0. The molecule has 0 radical (unpaired) electrons. The molecule has 0 heterocycles. The van der Waals surface area contributed by atoms with E-state index in [0.717, 1.165) is 0 Å². The maximum atomic E-state index is 12.1. The van der Waals surface area contributed by atoms with Gasteiger partial charge in [-0.3, -0.25) is 4.79 Å². The SMILES string of the molecule is CC(C)(C)C(CCCl)NC(=O)c1ccccc1O. The molecule has 3 nitrogen and oxygen atoms in total. The van der Waals surface area contributed by atoms with E-state index in [1.807, 2.05) is 0 Å². The Morgan fingerprint density at radius 3 is 2.50 bits per heavy atom. The van der Waals surface area contributed by atoms with E-state index in [-0.39, 0.29) is 23.1 Å². The van der Waals surface area contributed by atoms with Gasteiger partial charge in [0, 0.05) is 11.9 Å². The summed E-state index contributed by atoms with van der Waals surface area (Å²) in [4.78, 5) is 12.1. The number of phenolic OH excluding ortho intramolecular Hbond substituents is 1. The number of carbonyl (C=O) groups excluding carboxylic acids is 1.